The van der Waals surface area contributed by atoms with E-state index in [0.29, 0.717) is 6.42 Å². The van der Waals surface area contributed by atoms with Crippen molar-refractivity contribution in [3.05, 3.63) is 29.8 Å². The molecule has 0 spiro atoms. The molecule has 4 nitrogen and oxygen atoms in total. The molecule has 2 rings (SSSR count). The fourth-order valence-electron chi connectivity index (χ4n) is 2.75. The lowest BCUT2D eigenvalue weighted by Gasteiger charge is -2.21. The molecule has 110 valence electrons. The number of benzene rings is 1. The van der Waals surface area contributed by atoms with Crippen LogP contribution in [0.3, 0.4) is 0 Å². The predicted molar refractivity (Wildman–Crippen MR) is 82.5 cm³/mol. The van der Waals surface area contributed by atoms with Crippen LogP contribution >= 0.6 is 0 Å². The number of aryl methyl sites for hydroxylation is 1. The van der Waals surface area contributed by atoms with Crippen molar-refractivity contribution in [3.63, 3.8) is 0 Å². The third-order valence-corrected chi connectivity index (χ3v) is 3.73. The molecule has 0 aliphatic carbocycles. The minimum absolute atomic E-state index is 0.124. The number of hydrogen-bond donors (Lipinski definition) is 2. The van der Waals surface area contributed by atoms with Gasteiger partial charge in [0.05, 0.1) is 0 Å². The number of rotatable bonds is 6. The normalized spacial score (nSPS) is 17.1. The van der Waals surface area contributed by atoms with Crippen LogP contribution in [0.15, 0.2) is 24.3 Å². The Labute approximate surface area is 121 Å². The van der Waals surface area contributed by atoms with Crippen molar-refractivity contribution in [1.29, 1.82) is 0 Å². The Hall–Kier alpha value is -1.55. The van der Waals surface area contributed by atoms with Gasteiger partial charge in [0.1, 0.15) is 0 Å². The summed E-state index contributed by atoms with van der Waals surface area (Å²) in [6, 6.07) is 7.96. The van der Waals surface area contributed by atoms with Gasteiger partial charge in [0.25, 0.3) is 0 Å². The van der Waals surface area contributed by atoms with Crippen LogP contribution in [-0.4, -0.2) is 36.5 Å². The Kier molecular flexibility index (Phi) is 5.41. The van der Waals surface area contributed by atoms with Gasteiger partial charge < -0.3 is 16.0 Å². The first-order chi connectivity index (χ1) is 9.63. The van der Waals surface area contributed by atoms with Gasteiger partial charge in [-0.1, -0.05) is 12.1 Å². The van der Waals surface area contributed by atoms with Crippen LogP contribution < -0.4 is 11.1 Å². The summed E-state index contributed by atoms with van der Waals surface area (Å²) in [5.74, 6) is 0.124. The molecule has 4 heteroatoms. The highest BCUT2D eigenvalue weighted by Gasteiger charge is 2.15. The van der Waals surface area contributed by atoms with Crippen LogP contribution in [0.5, 0.6) is 0 Å². The van der Waals surface area contributed by atoms with Gasteiger partial charge in [-0.15, -0.1) is 0 Å². The van der Waals surface area contributed by atoms with Crippen molar-refractivity contribution in [1.82, 2.24) is 10.2 Å². The number of likely N-dealkylation sites (tertiary alicyclic amines) is 1. The number of nitrogen functional groups attached to an aromatic ring is 1. The maximum atomic E-state index is 11.9. The number of carbonyl (C=O) groups is 1. The van der Waals surface area contributed by atoms with Gasteiger partial charge in [-0.2, -0.15) is 0 Å². The van der Waals surface area contributed by atoms with Crippen molar-refractivity contribution in [2.45, 2.75) is 38.6 Å². The lowest BCUT2D eigenvalue weighted by atomic mass is 10.1. The van der Waals surface area contributed by atoms with Crippen LogP contribution in [0, 0.1) is 0 Å². The number of carbonyl (C=O) groups excluding carboxylic acids is 1. The molecule has 0 aromatic heterocycles. The number of nitrogens with zero attached hydrogens (tertiary/aromatic N) is 1. The van der Waals surface area contributed by atoms with E-state index in [1.165, 1.54) is 25.9 Å². The van der Waals surface area contributed by atoms with E-state index in [2.05, 4.69) is 17.1 Å². The quantitative estimate of drug-likeness (QED) is 0.778. The average molecular weight is 275 g/mol. The Balaban J connectivity index is 1.69. The summed E-state index contributed by atoms with van der Waals surface area (Å²) in [7, 11) is 0. The fraction of sp³-hybridized carbons (Fsp3) is 0.562. The van der Waals surface area contributed by atoms with Crippen molar-refractivity contribution in [3.8, 4) is 0 Å². The van der Waals surface area contributed by atoms with E-state index in [0.717, 1.165) is 24.2 Å². The number of anilines is 1. The van der Waals surface area contributed by atoms with E-state index in [1.54, 1.807) is 0 Å². The minimum atomic E-state index is 0.124. The molecule has 1 saturated heterocycles. The summed E-state index contributed by atoms with van der Waals surface area (Å²) in [5.41, 5.74) is 7.60. The highest BCUT2D eigenvalue weighted by Crippen LogP contribution is 2.09. The van der Waals surface area contributed by atoms with E-state index < -0.39 is 0 Å². The van der Waals surface area contributed by atoms with Gasteiger partial charge in [0.15, 0.2) is 0 Å². The molecule has 1 amide bonds. The molecule has 0 radical (unpaired) electrons. The maximum Gasteiger partial charge on any atom is 0.220 e. The van der Waals surface area contributed by atoms with Gasteiger partial charge in [0.2, 0.25) is 5.91 Å². The molecule has 1 fully saturated rings. The average Bonchev–Trinajstić information content (AvgIpc) is 2.89. The van der Waals surface area contributed by atoms with E-state index in [-0.39, 0.29) is 11.9 Å². The molecule has 0 bridgehead atoms. The van der Waals surface area contributed by atoms with Crippen LogP contribution in [0.1, 0.15) is 31.7 Å². The standard InChI is InChI=1S/C16H25N3O/c1-13(12-19-9-2-3-10-19)18-16(20)8-7-14-5-4-6-15(17)11-14/h4-6,11,13H,2-3,7-10,12,17H2,1H3,(H,18,20). The minimum Gasteiger partial charge on any atom is -0.399 e. The Bertz CT molecular complexity index is 441. The van der Waals surface area contributed by atoms with E-state index in [9.17, 15) is 4.79 Å². The second-order valence-electron chi connectivity index (χ2n) is 5.72. The summed E-state index contributed by atoms with van der Waals surface area (Å²) in [5, 5.41) is 3.08. The third-order valence-electron chi connectivity index (χ3n) is 3.73. The second-order valence-corrected chi connectivity index (χ2v) is 5.72. The molecule has 1 atom stereocenters. The summed E-state index contributed by atoms with van der Waals surface area (Å²) in [4.78, 5) is 14.3. The van der Waals surface area contributed by atoms with Crippen LogP contribution in [0.4, 0.5) is 5.69 Å². The zero-order valence-corrected chi connectivity index (χ0v) is 12.3. The highest BCUT2D eigenvalue weighted by molar-refractivity contribution is 5.76. The first-order valence-electron chi connectivity index (χ1n) is 7.49. The van der Waals surface area contributed by atoms with Crippen LogP contribution in [-0.2, 0) is 11.2 Å². The number of nitrogens with one attached hydrogen (secondary N) is 1. The number of amides is 1. The lowest BCUT2D eigenvalue weighted by Crippen LogP contribution is -2.41. The van der Waals surface area contributed by atoms with E-state index in [4.69, 9.17) is 5.73 Å². The molecule has 0 saturated carbocycles. The molecule has 1 aliphatic rings. The molecule has 1 aliphatic heterocycles. The number of hydrogen-bond acceptors (Lipinski definition) is 3. The first-order valence-corrected chi connectivity index (χ1v) is 7.49. The monoisotopic (exact) mass is 275 g/mol. The van der Waals surface area contributed by atoms with Crippen LogP contribution in [0.2, 0.25) is 0 Å². The highest BCUT2D eigenvalue weighted by atomic mass is 16.1. The van der Waals surface area contributed by atoms with E-state index >= 15 is 0 Å². The summed E-state index contributed by atoms with van der Waals surface area (Å²) in [6.45, 7) is 5.38. The van der Waals surface area contributed by atoms with E-state index in [1.807, 2.05) is 24.3 Å². The molecular formula is C16H25N3O. The largest absolute Gasteiger partial charge is 0.399 e. The lowest BCUT2D eigenvalue weighted by molar-refractivity contribution is -0.121. The predicted octanol–water partition coefficient (Wildman–Crippen LogP) is 1.80. The number of nitrogens with two attached hydrogens (primary N) is 1. The molecule has 3 N–H and O–H groups in total. The Morgan fingerprint density at radius 1 is 1.40 bits per heavy atom. The van der Waals surface area contributed by atoms with Crippen molar-refractivity contribution >= 4 is 11.6 Å². The molecule has 1 aromatic carbocycles. The first kappa shape index (κ1) is 14.9. The molecular weight excluding hydrogens is 250 g/mol. The fourth-order valence-corrected chi connectivity index (χ4v) is 2.75. The zero-order chi connectivity index (χ0) is 14.4. The Morgan fingerprint density at radius 2 is 2.15 bits per heavy atom. The van der Waals surface area contributed by atoms with Gasteiger partial charge >= 0.3 is 0 Å². The topological polar surface area (TPSA) is 58.4 Å². The van der Waals surface area contributed by atoms with Gasteiger partial charge in [0, 0.05) is 24.7 Å². The van der Waals surface area contributed by atoms with Gasteiger partial charge in [-0.3, -0.25) is 4.79 Å². The summed E-state index contributed by atoms with van der Waals surface area (Å²) < 4.78 is 0. The molecule has 1 heterocycles. The summed E-state index contributed by atoms with van der Waals surface area (Å²) in [6.07, 6.45) is 3.84. The van der Waals surface area contributed by atoms with Crippen LogP contribution in [0.25, 0.3) is 0 Å². The van der Waals surface area contributed by atoms with Gasteiger partial charge in [-0.05, 0) is 57.0 Å². The molecule has 1 unspecified atom stereocenters. The SMILES string of the molecule is CC(CN1CCCC1)NC(=O)CCc1cccc(N)c1. The van der Waals surface area contributed by atoms with Crippen molar-refractivity contribution in [2.75, 3.05) is 25.4 Å². The Morgan fingerprint density at radius 3 is 2.85 bits per heavy atom. The van der Waals surface area contributed by atoms with Crippen molar-refractivity contribution < 1.29 is 4.79 Å². The van der Waals surface area contributed by atoms with Crippen molar-refractivity contribution in [2.24, 2.45) is 0 Å². The zero-order valence-electron chi connectivity index (χ0n) is 12.3. The second kappa shape index (κ2) is 7.29. The third kappa shape index (κ3) is 4.85. The van der Waals surface area contributed by atoms with Gasteiger partial charge in [-0.25, -0.2) is 0 Å². The maximum absolute atomic E-state index is 11.9. The smallest absolute Gasteiger partial charge is 0.220 e. The molecule has 1 aromatic rings. The summed E-state index contributed by atoms with van der Waals surface area (Å²) >= 11 is 0. The molecule has 20 heavy (non-hydrogen) atoms.